The van der Waals surface area contributed by atoms with E-state index >= 15 is 0 Å². The normalized spacial score (nSPS) is 10.1. The maximum atomic E-state index is 12.0. The number of nitrogens with zero attached hydrogens (tertiary/aromatic N) is 3. The van der Waals surface area contributed by atoms with Gasteiger partial charge >= 0.3 is 0 Å². The maximum Gasteiger partial charge on any atom is 0.295 e. The number of aryl methyl sites for hydroxylation is 2. The molecule has 0 aliphatic carbocycles. The molecule has 0 fully saturated rings. The molecule has 0 saturated heterocycles. The van der Waals surface area contributed by atoms with Gasteiger partial charge in [-0.25, -0.2) is 4.98 Å². The Morgan fingerprint density at radius 1 is 1.50 bits per heavy atom. The van der Waals surface area contributed by atoms with E-state index in [1.54, 1.807) is 12.1 Å². The highest BCUT2D eigenvalue weighted by atomic mass is 16.2. The minimum Gasteiger partial charge on any atom is -0.318 e. The molecule has 0 atom stereocenters. The van der Waals surface area contributed by atoms with E-state index in [-0.39, 0.29) is 5.82 Å². The number of benzene rings is 1. The average molecular weight is 269 g/mol. The summed E-state index contributed by atoms with van der Waals surface area (Å²) in [7, 11) is 0. The van der Waals surface area contributed by atoms with Crippen LogP contribution in [0.2, 0.25) is 0 Å². The Bertz CT molecular complexity index is 668. The molecule has 1 aromatic heterocycles. The van der Waals surface area contributed by atoms with Gasteiger partial charge in [0.1, 0.15) is 11.9 Å². The third-order valence-corrected chi connectivity index (χ3v) is 2.85. The van der Waals surface area contributed by atoms with Gasteiger partial charge in [0.15, 0.2) is 0 Å². The molecule has 0 aliphatic heterocycles. The van der Waals surface area contributed by atoms with Crippen LogP contribution in [0.25, 0.3) is 0 Å². The lowest BCUT2D eigenvalue weighted by atomic mass is 10.1. The van der Waals surface area contributed by atoms with E-state index in [2.05, 4.69) is 26.6 Å². The van der Waals surface area contributed by atoms with Gasteiger partial charge in [-0.15, -0.1) is 5.10 Å². The second-order valence-electron chi connectivity index (χ2n) is 4.42. The first-order valence-electron chi connectivity index (χ1n) is 6.38. The fraction of sp³-hybridized carbons (Fsp3) is 0.286. The van der Waals surface area contributed by atoms with Crippen molar-refractivity contribution < 1.29 is 4.79 Å². The molecule has 2 aromatic rings. The number of nitriles is 1. The van der Waals surface area contributed by atoms with Crippen molar-refractivity contribution in [2.24, 2.45) is 0 Å². The number of amides is 1. The molecule has 0 radical (unpaired) electrons. The van der Waals surface area contributed by atoms with Crippen LogP contribution >= 0.6 is 0 Å². The van der Waals surface area contributed by atoms with Crippen molar-refractivity contribution in [3.63, 3.8) is 0 Å². The standard InChI is InChI=1S/C14H15N5O/c1-3-5-12-17-13(19-18-12)14(20)16-11-7-4-6-9(2)10(11)8-15/h4,6-7H,3,5H2,1-2H3,(H,16,20)(H,17,18,19). The van der Waals surface area contributed by atoms with Crippen LogP contribution in [0.1, 0.15) is 40.9 Å². The van der Waals surface area contributed by atoms with Crippen molar-refractivity contribution in [1.29, 1.82) is 5.26 Å². The van der Waals surface area contributed by atoms with E-state index in [1.165, 1.54) is 0 Å². The smallest absolute Gasteiger partial charge is 0.295 e. The summed E-state index contributed by atoms with van der Waals surface area (Å²) in [5.41, 5.74) is 1.73. The molecule has 0 spiro atoms. The highest BCUT2D eigenvalue weighted by Gasteiger charge is 2.14. The number of hydrogen-bond donors (Lipinski definition) is 2. The quantitative estimate of drug-likeness (QED) is 0.889. The summed E-state index contributed by atoms with van der Waals surface area (Å²) >= 11 is 0. The number of hydrogen-bond acceptors (Lipinski definition) is 4. The van der Waals surface area contributed by atoms with Crippen LogP contribution in [0.3, 0.4) is 0 Å². The lowest BCUT2D eigenvalue weighted by Gasteiger charge is -2.06. The summed E-state index contributed by atoms with van der Waals surface area (Å²) in [4.78, 5) is 16.2. The Labute approximate surface area is 116 Å². The predicted molar refractivity (Wildman–Crippen MR) is 74.2 cm³/mol. The van der Waals surface area contributed by atoms with Crippen LogP contribution in [0, 0.1) is 18.3 Å². The van der Waals surface area contributed by atoms with Gasteiger partial charge in [0, 0.05) is 6.42 Å². The number of aromatic nitrogens is 3. The highest BCUT2D eigenvalue weighted by Crippen LogP contribution is 2.18. The first-order chi connectivity index (χ1) is 9.65. The molecule has 0 aliphatic rings. The third kappa shape index (κ3) is 2.83. The molecule has 2 N–H and O–H groups in total. The number of carbonyl (C=O) groups is 1. The molecular weight excluding hydrogens is 254 g/mol. The number of carbonyl (C=O) groups excluding carboxylic acids is 1. The minimum absolute atomic E-state index is 0.0823. The lowest BCUT2D eigenvalue weighted by Crippen LogP contribution is -2.15. The number of nitrogens with one attached hydrogen (secondary N) is 2. The molecule has 0 saturated carbocycles. The molecule has 0 unspecified atom stereocenters. The van der Waals surface area contributed by atoms with E-state index in [4.69, 9.17) is 5.26 Å². The number of rotatable bonds is 4. The summed E-state index contributed by atoms with van der Waals surface area (Å²) < 4.78 is 0. The van der Waals surface area contributed by atoms with Crippen molar-refractivity contribution in [3.8, 4) is 6.07 Å². The van der Waals surface area contributed by atoms with E-state index in [0.717, 1.165) is 18.4 Å². The van der Waals surface area contributed by atoms with Crippen LogP contribution < -0.4 is 5.32 Å². The third-order valence-electron chi connectivity index (χ3n) is 2.85. The SMILES string of the molecule is CCCc1nc(C(=O)Nc2cccc(C)c2C#N)n[nH]1. The number of H-pyrrole nitrogens is 1. The fourth-order valence-corrected chi connectivity index (χ4v) is 1.84. The summed E-state index contributed by atoms with van der Waals surface area (Å²) in [6, 6.07) is 7.37. The Balaban J connectivity index is 2.19. The lowest BCUT2D eigenvalue weighted by molar-refractivity contribution is 0.101. The van der Waals surface area contributed by atoms with Crippen molar-refractivity contribution >= 4 is 11.6 Å². The molecule has 6 nitrogen and oxygen atoms in total. The zero-order valence-corrected chi connectivity index (χ0v) is 11.4. The van der Waals surface area contributed by atoms with Gasteiger partial charge < -0.3 is 5.32 Å². The van der Waals surface area contributed by atoms with Gasteiger partial charge in [-0.3, -0.25) is 9.89 Å². The topological polar surface area (TPSA) is 94.5 Å². The van der Waals surface area contributed by atoms with Crippen molar-refractivity contribution in [2.45, 2.75) is 26.7 Å². The molecular formula is C14H15N5O. The van der Waals surface area contributed by atoms with Gasteiger partial charge in [-0.1, -0.05) is 19.1 Å². The van der Waals surface area contributed by atoms with Crippen LogP contribution in [0.5, 0.6) is 0 Å². The highest BCUT2D eigenvalue weighted by molar-refractivity contribution is 6.02. The van der Waals surface area contributed by atoms with Crippen LogP contribution in [0.4, 0.5) is 5.69 Å². The summed E-state index contributed by atoms with van der Waals surface area (Å²) in [5, 5.41) is 18.4. The predicted octanol–water partition coefficient (Wildman–Crippen LogP) is 2.19. The molecule has 1 amide bonds. The van der Waals surface area contributed by atoms with E-state index < -0.39 is 5.91 Å². The second-order valence-corrected chi connectivity index (χ2v) is 4.42. The Morgan fingerprint density at radius 2 is 2.30 bits per heavy atom. The zero-order chi connectivity index (χ0) is 14.5. The Hall–Kier alpha value is -2.68. The largest absolute Gasteiger partial charge is 0.318 e. The first-order valence-corrected chi connectivity index (χ1v) is 6.38. The average Bonchev–Trinajstić information content (AvgIpc) is 2.88. The monoisotopic (exact) mass is 269 g/mol. The van der Waals surface area contributed by atoms with Gasteiger partial charge in [-0.2, -0.15) is 5.26 Å². The Kier molecular flexibility index (Phi) is 4.11. The van der Waals surface area contributed by atoms with Gasteiger partial charge in [0.05, 0.1) is 11.3 Å². The molecule has 0 bridgehead atoms. The van der Waals surface area contributed by atoms with Gasteiger partial charge in [0.2, 0.25) is 5.82 Å². The molecule has 20 heavy (non-hydrogen) atoms. The fourth-order valence-electron chi connectivity index (χ4n) is 1.84. The van der Waals surface area contributed by atoms with Crippen LogP contribution in [-0.4, -0.2) is 21.1 Å². The van der Waals surface area contributed by atoms with Crippen molar-refractivity contribution in [2.75, 3.05) is 5.32 Å². The maximum absolute atomic E-state index is 12.0. The van der Waals surface area contributed by atoms with E-state index in [1.807, 2.05) is 19.9 Å². The molecule has 2 rings (SSSR count). The summed E-state index contributed by atoms with van der Waals surface area (Å²) in [5.74, 6) is 0.340. The van der Waals surface area contributed by atoms with Gasteiger partial charge in [-0.05, 0) is 25.0 Å². The molecule has 1 aromatic carbocycles. The summed E-state index contributed by atoms with van der Waals surface area (Å²) in [6.07, 6.45) is 1.67. The van der Waals surface area contributed by atoms with Gasteiger partial charge in [0.25, 0.3) is 5.91 Å². The van der Waals surface area contributed by atoms with E-state index in [9.17, 15) is 4.79 Å². The first kappa shape index (κ1) is 13.7. The molecule has 1 heterocycles. The van der Waals surface area contributed by atoms with Crippen molar-refractivity contribution in [1.82, 2.24) is 15.2 Å². The van der Waals surface area contributed by atoms with Crippen molar-refractivity contribution in [3.05, 3.63) is 41.0 Å². The minimum atomic E-state index is -0.425. The van der Waals surface area contributed by atoms with E-state index in [0.29, 0.717) is 17.1 Å². The number of aromatic amines is 1. The Morgan fingerprint density at radius 3 is 3.00 bits per heavy atom. The number of anilines is 1. The molecule has 102 valence electrons. The van der Waals surface area contributed by atoms with Crippen LogP contribution in [-0.2, 0) is 6.42 Å². The van der Waals surface area contributed by atoms with Crippen LogP contribution in [0.15, 0.2) is 18.2 Å². The summed E-state index contributed by atoms with van der Waals surface area (Å²) in [6.45, 7) is 3.84. The molecule has 6 heteroatoms. The second kappa shape index (κ2) is 5.97. The zero-order valence-electron chi connectivity index (χ0n) is 11.4.